The van der Waals surface area contributed by atoms with E-state index >= 15 is 0 Å². The molecule has 0 saturated carbocycles. The Bertz CT molecular complexity index is 407. The standard InChI is InChI=1S/C9H9F2NO3/c1-15-6-2-4(5(13)3-12)7(10)9(14)8(6)11/h2,14H,3,12H2,1H3. The summed E-state index contributed by atoms with van der Waals surface area (Å²) in [5, 5.41) is 9.02. The van der Waals surface area contributed by atoms with Gasteiger partial charge in [-0.05, 0) is 6.07 Å². The molecule has 0 saturated heterocycles. The molecule has 0 fully saturated rings. The number of carbonyl (C=O) groups is 1. The summed E-state index contributed by atoms with van der Waals surface area (Å²) in [7, 11) is 1.13. The predicted molar refractivity (Wildman–Crippen MR) is 48.0 cm³/mol. The number of ether oxygens (including phenoxy) is 1. The first kappa shape index (κ1) is 11.4. The fourth-order valence-corrected chi connectivity index (χ4v) is 1.06. The molecule has 82 valence electrons. The number of methoxy groups -OCH3 is 1. The van der Waals surface area contributed by atoms with Crippen LogP contribution in [0.4, 0.5) is 8.78 Å². The van der Waals surface area contributed by atoms with Crippen molar-refractivity contribution in [1.82, 2.24) is 0 Å². The lowest BCUT2D eigenvalue weighted by atomic mass is 10.1. The van der Waals surface area contributed by atoms with Crippen molar-refractivity contribution in [1.29, 1.82) is 0 Å². The minimum atomic E-state index is -1.33. The first-order valence-electron chi connectivity index (χ1n) is 4.01. The number of halogens is 2. The van der Waals surface area contributed by atoms with Crippen molar-refractivity contribution >= 4 is 5.78 Å². The lowest BCUT2D eigenvalue weighted by Crippen LogP contribution is -2.15. The van der Waals surface area contributed by atoms with Crippen LogP contribution in [0.2, 0.25) is 0 Å². The van der Waals surface area contributed by atoms with E-state index in [-0.39, 0.29) is 0 Å². The van der Waals surface area contributed by atoms with E-state index in [1.807, 2.05) is 0 Å². The van der Waals surface area contributed by atoms with Crippen molar-refractivity contribution in [3.63, 3.8) is 0 Å². The minimum absolute atomic E-state index is 0.411. The SMILES string of the molecule is COc1cc(C(=O)CN)c(F)c(O)c1F. The molecule has 0 aliphatic carbocycles. The van der Waals surface area contributed by atoms with Crippen LogP contribution in [0.25, 0.3) is 0 Å². The van der Waals surface area contributed by atoms with Gasteiger partial charge in [0.05, 0.1) is 19.2 Å². The third kappa shape index (κ3) is 1.89. The topological polar surface area (TPSA) is 72.5 Å². The van der Waals surface area contributed by atoms with Crippen LogP contribution in [0.5, 0.6) is 11.5 Å². The Hall–Kier alpha value is -1.69. The summed E-state index contributed by atoms with van der Waals surface area (Å²) in [6.45, 7) is -0.439. The molecule has 0 aliphatic heterocycles. The molecule has 0 spiro atoms. The second-order valence-corrected chi connectivity index (χ2v) is 2.73. The molecule has 0 aliphatic rings. The summed E-state index contributed by atoms with van der Waals surface area (Å²) in [5.41, 5.74) is 4.53. The summed E-state index contributed by atoms with van der Waals surface area (Å²) in [6, 6.07) is 0.861. The molecule has 6 heteroatoms. The number of Topliss-reactive ketones (excluding diaryl/α,β-unsaturated/α-hetero) is 1. The highest BCUT2D eigenvalue weighted by Crippen LogP contribution is 2.31. The van der Waals surface area contributed by atoms with Crippen molar-refractivity contribution in [2.75, 3.05) is 13.7 Å². The van der Waals surface area contributed by atoms with Crippen LogP contribution >= 0.6 is 0 Å². The van der Waals surface area contributed by atoms with Gasteiger partial charge in [-0.1, -0.05) is 0 Å². The summed E-state index contributed by atoms with van der Waals surface area (Å²) < 4.78 is 30.8. The number of hydrogen-bond acceptors (Lipinski definition) is 4. The Labute approximate surface area is 84.3 Å². The third-order valence-corrected chi connectivity index (χ3v) is 1.85. The Morgan fingerprint density at radius 3 is 2.60 bits per heavy atom. The van der Waals surface area contributed by atoms with E-state index in [0.29, 0.717) is 0 Å². The molecule has 0 bridgehead atoms. The molecule has 1 aromatic carbocycles. The molecule has 1 rings (SSSR count). The Morgan fingerprint density at radius 2 is 2.13 bits per heavy atom. The summed E-state index contributed by atoms with van der Waals surface area (Å²) in [5.74, 6) is -4.98. The quantitative estimate of drug-likeness (QED) is 0.735. The lowest BCUT2D eigenvalue weighted by molar-refractivity contribution is 0.0996. The Balaban J connectivity index is 3.41. The smallest absolute Gasteiger partial charge is 0.209 e. The molecule has 0 aromatic heterocycles. The van der Waals surface area contributed by atoms with Gasteiger partial charge in [0, 0.05) is 0 Å². The van der Waals surface area contributed by atoms with Crippen molar-refractivity contribution in [2.24, 2.45) is 5.73 Å². The van der Waals surface area contributed by atoms with Crippen LogP contribution in [0.3, 0.4) is 0 Å². The number of benzene rings is 1. The molecule has 4 nitrogen and oxygen atoms in total. The second kappa shape index (κ2) is 4.22. The molecule has 0 atom stereocenters. The van der Waals surface area contributed by atoms with Crippen LogP contribution in [0, 0.1) is 11.6 Å². The Morgan fingerprint density at radius 1 is 1.53 bits per heavy atom. The van der Waals surface area contributed by atoms with Crippen LogP contribution in [0.15, 0.2) is 6.07 Å². The summed E-state index contributed by atoms with van der Waals surface area (Å²) in [4.78, 5) is 11.1. The van der Waals surface area contributed by atoms with E-state index in [4.69, 9.17) is 10.8 Å². The lowest BCUT2D eigenvalue weighted by Gasteiger charge is -2.08. The average molecular weight is 217 g/mol. The Kier molecular flexibility index (Phi) is 3.21. The van der Waals surface area contributed by atoms with Crippen LogP contribution in [-0.2, 0) is 0 Å². The van der Waals surface area contributed by atoms with Gasteiger partial charge in [-0.3, -0.25) is 4.79 Å². The van der Waals surface area contributed by atoms with E-state index in [0.717, 1.165) is 13.2 Å². The number of carbonyl (C=O) groups excluding carboxylic acids is 1. The van der Waals surface area contributed by atoms with E-state index in [9.17, 15) is 13.6 Å². The monoisotopic (exact) mass is 217 g/mol. The van der Waals surface area contributed by atoms with E-state index in [1.165, 1.54) is 0 Å². The first-order chi connectivity index (χ1) is 7.02. The average Bonchev–Trinajstić information content (AvgIpc) is 2.25. The van der Waals surface area contributed by atoms with Gasteiger partial charge in [0.2, 0.25) is 5.82 Å². The van der Waals surface area contributed by atoms with Crippen molar-refractivity contribution in [3.05, 3.63) is 23.3 Å². The number of hydrogen-bond donors (Lipinski definition) is 2. The fourth-order valence-electron chi connectivity index (χ4n) is 1.06. The number of ketones is 1. The van der Waals surface area contributed by atoms with Gasteiger partial charge in [0.15, 0.2) is 23.1 Å². The molecule has 0 heterocycles. The molecule has 15 heavy (non-hydrogen) atoms. The molecule has 0 amide bonds. The highest BCUT2D eigenvalue weighted by molar-refractivity contribution is 5.98. The molecule has 0 unspecified atom stereocenters. The summed E-state index contributed by atoms with van der Waals surface area (Å²) >= 11 is 0. The van der Waals surface area contributed by atoms with Gasteiger partial charge >= 0.3 is 0 Å². The highest BCUT2D eigenvalue weighted by Gasteiger charge is 2.21. The number of aromatic hydroxyl groups is 1. The molecule has 3 N–H and O–H groups in total. The summed E-state index contributed by atoms with van der Waals surface area (Å²) in [6.07, 6.45) is 0. The molecular weight excluding hydrogens is 208 g/mol. The van der Waals surface area contributed by atoms with Gasteiger partial charge in [0.1, 0.15) is 0 Å². The van der Waals surface area contributed by atoms with Gasteiger partial charge in [-0.25, -0.2) is 4.39 Å². The zero-order valence-electron chi connectivity index (χ0n) is 7.88. The zero-order valence-corrected chi connectivity index (χ0v) is 7.88. The van der Waals surface area contributed by atoms with Crippen molar-refractivity contribution < 1.29 is 23.4 Å². The predicted octanol–water partition coefficient (Wildman–Crippen LogP) is 0.820. The first-order valence-corrected chi connectivity index (χ1v) is 4.01. The normalized spacial score (nSPS) is 10.1. The maximum atomic E-state index is 13.2. The van der Waals surface area contributed by atoms with Crippen molar-refractivity contribution in [2.45, 2.75) is 0 Å². The van der Waals surface area contributed by atoms with Crippen LogP contribution < -0.4 is 10.5 Å². The number of phenolic OH excluding ortho intramolecular Hbond substituents is 1. The number of rotatable bonds is 3. The van der Waals surface area contributed by atoms with Gasteiger partial charge in [-0.15, -0.1) is 0 Å². The number of nitrogens with two attached hydrogens (primary N) is 1. The minimum Gasteiger partial charge on any atom is -0.503 e. The van der Waals surface area contributed by atoms with Gasteiger partial charge in [-0.2, -0.15) is 4.39 Å². The highest BCUT2D eigenvalue weighted by atomic mass is 19.1. The third-order valence-electron chi connectivity index (χ3n) is 1.85. The zero-order chi connectivity index (χ0) is 11.6. The van der Waals surface area contributed by atoms with E-state index in [1.54, 1.807) is 0 Å². The largest absolute Gasteiger partial charge is 0.503 e. The van der Waals surface area contributed by atoms with Gasteiger partial charge in [0.25, 0.3) is 0 Å². The maximum Gasteiger partial charge on any atom is 0.209 e. The van der Waals surface area contributed by atoms with Crippen LogP contribution in [0.1, 0.15) is 10.4 Å². The molecular formula is C9H9F2NO3. The molecule has 1 aromatic rings. The van der Waals surface area contributed by atoms with Crippen molar-refractivity contribution in [3.8, 4) is 11.5 Å². The molecule has 0 radical (unpaired) electrons. The van der Waals surface area contributed by atoms with Crippen LogP contribution in [-0.4, -0.2) is 24.5 Å². The fraction of sp³-hybridized carbons (Fsp3) is 0.222. The van der Waals surface area contributed by atoms with E-state index in [2.05, 4.69) is 4.74 Å². The van der Waals surface area contributed by atoms with E-state index < -0.39 is 41.0 Å². The number of phenols is 1. The maximum absolute atomic E-state index is 13.2. The van der Waals surface area contributed by atoms with Gasteiger partial charge < -0.3 is 15.6 Å². The second-order valence-electron chi connectivity index (χ2n) is 2.73.